The van der Waals surface area contributed by atoms with E-state index in [0.717, 1.165) is 5.56 Å². The van der Waals surface area contributed by atoms with E-state index in [4.69, 9.17) is 9.84 Å². The summed E-state index contributed by atoms with van der Waals surface area (Å²) >= 11 is 0. The minimum atomic E-state index is -0.881. The van der Waals surface area contributed by atoms with Gasteiger partial charge >= 0.3 is 5.97 Å². The topological polar surface area (TPSA) is 49.8 Å². The van der Waals surface area contributed by atoms with Gasteiger partial charge in [0.2, 0.25) is 0 Å². The first-order valence-corrected chi connectivity index (χ1v) is 5.56. The van der Waals surface area contributed by atoms with E-state index in [1.165, 1.54) is 0 Å². The zero-order chi connectivity index (χ0) is 12.8. The van der Waals surface area contributed by atoms with Crippen LogP contribution in [-0.2, 0) is 11.3 Å². The van der Waals surface area contributed by atoms with Crippen molar-refractivity contribution in [2.75, 3.05) is 20.8 Å². The monoisotopic (exact) mass is 237 g/mol. The molecule has 0 bridgehead atoms. The molecular weight excluding hydrogens is 218 g/mol. The van der Waals surface area contributed by atoms with E-state index in [9.17, 15) is 4.79 Å². The number of benzene rings is 1. The van der Waals surface area contributed by atoms with Crippen LogP contribution in [-0.4, -0.2) is 42.8 Å². The fourth-order valence-corrected chi connectivity index (χ4v) is 1.66. The number of hydrogen-bond donors (Lipinski definition) is 1. The third-order valence-corrected chi connectivity index (χ3v) is 2.83. The van der Waals surface area contributed by atoms with Gasteiger partial charge in [-0.15, -0.1) is 0 Å². The number of carboxylic acids is 1. The highest BCUT2D eigenvalue weighted by Crippen LogP contribution is 2.12. The van der Waals surface area contributed by atoms with Crippen LogP contribution < -0.4 is 0 Å². The van der Waals surface area contributed by atoms with Crippen molar-refractivity contribution in [2.24, 2.45) is 0 Å². The Bertz CT molecular complexity index is 379. The Hall–Kier alpha value is -1.39. The zero-order valence-electron chi connectivity index (χ0n) is 10.5. The van der Waals surface area contributed by atoms with Crippen LogP contribution in [0.1, 0.15) is 22.8 Å². The number of likely N-dealkylation sites (N-methyl/N-ethyl adjacent to an activating group) is 1. The fraction of sp³-hybridized carbons (Fsp3) is 0.462. The molecule has 4 heteroatoms. The summed E-state index contributed by atoms with van der Waals surface area (Å²) in [4.78, 5) is 13.1. The number of aromatic carboxylic acids is 1. The molecule has 0 aliphatic heterocycles. The summed E-state index contributed by atoms with van der Waals surface area (Å²) in [7, 11) is 3.62. The Morgan fingerprint density at radius 1 is 1.47 bits per heavy atom. The van der Waals surface area contributed by atoms with Crippen LogP contribution >= 0.6 is 0 Å². The van der Waals surface area contributed by atoms with Gasteiger partial charge in [-0.2, -0.15) is 0 Å². The Morgan fingerprint density at radius 3 is 2.71 bits per heavy atom. The van der Waals surface area contributed by atoms with Crippen LogP contribution in [0.4, 0.5) is 0 Å². The average Bonchev–Trinajstić information content (AvgIpc) is 2.29. The van der Waals surface area contributed by atoms with Crippen LogP contribution in [0.15, 0.2) is 24.3 Å². The molecular formula is C13H19NO3. The van der Waals surface area contributed by atoms with E-state index in [0.29, 0.717) is 18.7 Å². The molecule has 1 N–H and O–H groups in total. The number of hydrogen-bond acceptors (Lipinski definition) is 3. The molecule has 0 spiro atoms. The van der Waals surface area contributed by atoms with Crippen molar-refractivity contribution in [2.45, 2.75) is 19.5 Å². The minimum absolute atomic E-state index is 0.252. The number of carbonyl (C=O) groups is 1. The molecule has 17 heavy (non-hydrogen) atoms. The SMILES string of the molecule is COCC(C)N(C)Cc1ccccc1C(=O)O. The summed E-state index contributed by atoms with van der Waals surface area (Å²) in [6, 6.07) is 7.33. The molecule has 0 radical (unpaired) electrons. The number of carboxylic acid groups (broad SMARTS) is 1. The van der Waals surface area contributed by atoms with Gasteiger partial charge in [-0.1, -0.05) is 18.2 Å². The second kappa shape index (κ2) is 6.37. The first-order valence-electron chi connectivity index (χ1n) is 5.56. The van der Waals surface area contributed by atoms with Crippen LogP contribution in [0.3, 0.4) is 0 Å². The van der Waals surface area contributed by atoms with Crippen LogP contribution in [0, 0.1) is 0 Å². The lowest BCUT2D eigenvalue weighted by molar-refractivity contribution is 0.0693. The molecule has 1 unspecified atom stereocenters. The fourth-order valence-electron chi connectivity index (χ4n) is 1.66. The quantitative estimate of drug-likeness (QED) is 0.820. The third-order valence-electron chi connectivity index (χ3n) is 2.83. The van der Waals surface area contributed by atoms with Crippen LogP contribution in [0.25, 0.3) is 0 Å². The van der Waals surface area contributed by atoms with Gasteiger partial charge in [0.15, 0.2) is 0 Å². The molecule has 1 aromatic rings. The predicted molar refractivity (Wildman–Crippen MR) is 66.2 cm³/mol. The van der Waals surface area contributed by atoms with Crippen molar-refractivity contribution in [1.82, 2.24) is 4.90 Å². The van der Waals surface area contributed by atoms with E-state index in [2.05, 4.69) is 4.90 Å². The Balaban J connectivity index is 2.77. The molecule has 0 fully saturated rings. The number of rotatable bonds is 6. The van der Waals surface area contributed by atoms with Gasteiger partial charge in [0.1, 0.15) is 0 Å². The molecule has 0 aliphatic carbocycles. The van der Waals surface area contributed by atoms with Gasteiger partial charge in [0.25, 0.3) is 0 Å². The summed E-state index contributed by atoms with van der Waals surface area (Å²) in [5.41, 5.74) is 1.19. The standard InChI is InChI=1S/C13H19NO3/c1-10(9-17-3)14(2)8-11-6-4-5-7-12(11)13(15)16/h4-7,10H,8-9H2,1-3H3,(H,15,16). The zero-order valence-corrected chi connectivity index (χ0v) is 10.5. The number of nitrogens with zero attached hydrogens (tertiary/aromatic N) is 1. The van der Waals surface area contributed by atoms with Gasteiger partial charge in [-0.3, -0.25) is 4.90 Å². The second-order valence-corrected chi connectivity index (χ2v) is 4.18. The van der Waals surface area contributed by atoms with Crippen LogP contribution in [0.2, 0.25) is 0 Å². The van der Waals surface area contributed by atoms with Crippen molar-refractivity contribution in [3.63, 3.8) is 0 Å². The minimum Gasteiger partial charge on any atom is -0.478 e. The number of methoxy groups -OCH3 is 1. The van der Waals surface area contributed by atoms with Crippen molar-refractivity contribution >= 4 is 5.97 Å². The van der Waals surface area contributed by atoms with Gasteiger partial charge in [-0.25, -0.2) is 4.79 Å². The summed E-state index contributed by atoms with van der Waals surface area (Å²) in [6.45, 7) is 3.28. The maximum atomic E-state index is 11.1. The van der Waals surface area contributed by atoms with Gasteiger partial charge in [0.05, 0.1) is 12.2 Å². The lowest BCUT2D eigenvalue weighted by Gasteiger charge is -2.24. The van der Waals surface area contributed by atoms with E-state index in [1.54, 1.807) is 19.2 Å². The summed E-state index contributed by atoms with van der Waals surface area (Å²) in [6.07, 6.45) is 0. The molecule has 0 amide bonds. The normalized spacial score (nSPS) is 12.7. The molecule has 0 saturated heterocycles. The summed E-state index contributed by atoms with van der Waals surface area (Å²) in [5, 5.41) is 9.08. The molecule has 0 aromatic heterocycles. The highest BCUT2D eigenvalue weighted by atomic mass is 16.5. The average molecular weight is 237 g/mol. The van der Waals surface area contributed by atoms with Gasteiger partial charge in [-0.05, 0) is 25.6 Å². The lowest BCUT2D eigenvalue weighted by Crippen LogP contribution is -2.32. The Labute approximate surface area is 102 Å². The summed E-state index contributed by atoms with van der Waals surface area (Å²) < 4.78 is 5.08. The molecule has 1 aromatic carbocycles. The van der Waals surface area contributed by atoms with Crippen molar-refractivity contribution < 1.29 is 14.6 Å². The maximum Gasteiger partial charge on any atom is 0.336 e. The molecule has 0 aliphatic rings. The highest BCUT2D eigenvalue weighted by Gasteiger charge is 2.14. The highest BCUT2D eigenvalue weighted by molar-refractivity contribution is 5.89. The molecule has 94 valence electrons. The van der Waals surface area contributed by atoms with E-state index < -0.39 is 5.97 Å². The molecule has 4 nitrogen and oxygen atoms in total. The predicted octanol–water partition coefficient (Wildman–Crippen LogP) is 1.85. The third kappa shape index (κ3) is 3.84. The van der Waals surface area contributed by atoms with Gasteiger partial charge in [0, 0.05) is 19.7 Å². The van der Waals surface area contributed by atoms with E-state index in [-0.39, 0.29) is 6.04 Å². The molecule has 0 saturated carbocycles. The van der Waals surface area contributed by atoms with Crippen LogP contribution in [0.5, 0.6) is 0 Å². The molecule has 1 rings (SSSR count). The van der Waals surface area contributed by atoms with E-state index >= 15 is 0 Å². The molecule has 1 atom stereocenters. The first-order chi connectivity index (χ1) is 8.06. The van der Waals surface area contributed by atoms with Crippen molar-refractivity contribution in [3.8, 4) is 0 Å². The maximum absolute atomic E-state index is 11.1. The van der Waals surface area contributed by atoms with Gasteiger partial charge < -0.3 is 9.84 Å². The van der Waals surface area contributed by atoms with Crippen molar-refractivity contribution in [3.05, 3.63) is 35.4 Å². The van der Waals surface area contributed by atoms with E-state index in [1.807, 2.05) is 26.1 Å². The Morgan fingerprint density at radius 2 is 2.12 bits per heavy atom. The van der Waals surface area contributed by atoms with Crippen molar-refractivity contribution in [1.29, 1.82) is 0 Å². The first kappa shape index (κ1) is 13.7. The summed E-state index contributed by atoms with van der Waals surface area (Å²) in [5.74, 6) is -0.881. The largest absolute Gasteiger partial charge is 0.478 e. The smallest absolute Gasteiger partial charge is 0.336 e. The Kier molecular flexibility index (Phi) is 5.12. The lowest BCUT2D eigenvalue weighted by atomic mass is 10.1. The molecule has 0 heterocycles. The number of ether oxygens (including phenoxy) is 1. The second-order valence-electron chi connectivity index (χ2n) is 4.18.